The normalized spacial score (nSPS) is 11.2. The number of hydrogen-bond donors (Lipinski definition) is 1. The van der Waals surface area contributed by atoms with Gasteiger partial charge in [-0.05, 0) is 26.2 Å². The molecule has 0 amide bonds. The first kappa shape index (κ1) is 16.0. The molecule has 0 atom stereocenters. The van der Waals surface area contributed by atoms with E-state index in [0.29, 0.717) is 29.9 Å². The van der Waals surface area contributed by atoms with E-state index in [0.717, 1.165) is 11.3 Å². The summed E-state index contributed by atoms with van der Waals surface area (Å²) in [5.74, 6) is -0.224. The standard InChI is InChI=1S/C17H19FN6/c1-22(2)10-12-4-5-14(6-16(12)18)20-9-15-11-23(3)17-13(7-19)8-21-24(15)17/h4-6,8,11,20H,9-10H2,1-3H3. The largest absolute Gasteiger partial charge is 0.379 e. The van der Waals surface area contributed by atoms with E-state index in [1.807, 2.05) is 42.9 Å². The lowest BCUT2D eigenvalue weighted by molar-refractivity contribution is 0.392. The van der Waals surface area contributed by atoms with Crippen molar-refractivity contribution < 1.29 is 4.39 Å². The SMILES string of the molecule is CN(C)Cc1ccc(NCc2cn(C)c3c(C#N)cnn23)cc1F. The van der Waals surface area contributed by atoms with Crippen LogP contribution in [0.5, 0.6) is 0 Å². The lowest BCUT2D eigenvalue weighted by atomic mass is 10.2. The van der Waals surface area contributed by atoms with Gasteiger partial charge in [0.15, 0.2) is 5.65 Å². The van der Waals surface area contributed by atoms with Gasteiger partial charge < -0.3 is 14.8 Å². The molecule has 7 heteroatoms. The average Bonchev–Trinajstić information content (AvgIpc) is 3.09. The zero-order valence-corrected chi connectivity index (χ0v) is 13.9. The van der Waals surface area contributed by atoms with E-state index in [2.05, 4.69) is 16.5 Å². The molecule has 0 unspecified atom stereocenters. The fourth-order valence-corrected chi connectivity index (χ4v) is 2.75. The van der Waals surface area contributed by atoms with Gasteiger partial charge in [-0.25, -0.2) is 8.91 Å². The third-order valence-corrected chi connectivity index (χ3v) is 3.83. The van der Waals surface area contributed by atoms with Gasteiger partial charge >= 0.3 is 0 Å². The number of benzene rings is 1. The fourth-order valence-electron chi connectivity index (χ4n) is 2.75. The lowest BCUT2D eigenvalue weighted by Crippen LogP contribution is -2.12. The van der Waals surface area contributed by atoms with E-state index >= 15 is 0 Å². The Morgan fingerprint density at radius 1 is 1.38 bits per heavy atom. The molecule has 0 fully saturated rings. The van der Waals surface area contributed by atoms with Crippen molar-refractivity contribution in [3.8, 4) is 6.07 Å². The summed E-state index contributed by atoms with van der Waals surface area (Å²) in [4.78, 5) is 1.93. The third-order valence-electron chi connectivity index (χ3n) is 3.83. The molecule has 0 aliphatic heterocycles. The maximum atomic E-state index is 14.1. The molecule has 0 saturated carbocycles. The van der Waals surface area contributed by atoms with Crippen LogP contribution in [-0.2, 0) is 20.1 Å². The van der Waals surface area contributed by atoms with Crippen molar-refractivity contribution >= 4 is 11.3 Å². The number of halogens is 1. The minimum Gasteiger partial charge on any atom is -0.379 e. The van der Waals surface area contributed by atoms with Gasteiger partial charge in [-0.1, -0.05) is 6.07 Å². The van der Waals surface area contributed by atoms with Gasteiger partial charge in [-0.2, -0.15) is 10.4 Å². The third kappa shape index (κ3) is 2.96. The van der Waals surface area contributed by atoms with E-state index in [-0.39, 0.29) is 5.82 Å². The van der Waals surface area contributed by atoms with E-state index in [1.165, 1.54) is 6.07 Å². The number of rotatable bonds is 5. The summed E-state index contributed by atoms with van der Waals surface area (Å²) < 4.78 is 17.7. The summed E-state index contributed by atoms with van der Waals surface area (Å²) in [7, 11) is 5.69. The maximum absolute atomic E-state index is 14.1. The summed E-state index contributed by atoms with van der Waals surface area (Å²) in [6.45, 7) is 1.05. The first-order valence-electron chi connectivity index (χ1n) is 7.58. The number of aryl methyl sites for hydroxylation is 1. The monoisotopic (exact) mass is 326 g/mol. The quantitative estimate of drug-likeness (QED) is 0.782. The lowest BCUT2D eigenvalue weighted by Gasteiger charge is -2.12. The molecule has 3 rings (SSSR count). The Morgan fingerprint density at radius 3 is 2.83 bits per heavy atom. The highest BCUT2D eigenvalue weighted by Gasteiger charge is 2.12. The number of imidazole rings is 1. The molecule has 2 heterocycles. The molecule has 0 radical (unpaired) electrons. The van der Waals surface area contributed by atoms with E-state index in [4.69, 9.17) is 5.26 Å². The summed E-state index contributed by atoms with van der Waals surface area (Å²) >= 11 is 0. The number of aromatic nitrogens is 3. The van der Waals surface area contributed by atoms with Gasteiger partial charge in [0, 0.05) is 31.0 Å². The number of fused-ring (bicyclic) bond motifs is 1. The molecule has 1 aromatic carbocycles. The van der Waals surface area contributed by atoms with Crippen molar-refractivity contribution in [2.45, 2.75) is 13.1 Å². The Hall–Kier alpha value is -2.85. The highest BCUT2D eigenvalue weighted by atomic mass is 19.1. The summed E-state index contributed by atoms with van der Waals surface area (Å²) in [6, 6.07) is 7.29. The van der Waals surface area contributed by atoms with Crippen LogP contribution in [0.1, 0.15) is 16.8 Å². The van der Waals surface area contributed by atoms with Crippen LogP contribution >= 0.6 is 0 Å². The predicted molar refractivity (Wildman–Crippen MR) is 90.0 cm³/mol. The molecule has 0 spiro atoms. The molecule has 0 saturated heterocycles. The Bertz CT molecular complexity index is 915. The van der Waals surface area contributed by atoms with Crippen LogP contribution in [0.2, 0.25) is 0 Å². The summed E-state index contributed by atoms with van der Waals surface area (Å²) in [5, 5.41) is 16.6. The second-order valence-electron chi connectivity index (χ2n) is 6.03. The van der Waals surface area contributed by atoms with Gasteiger partial charge in [0.25, 0.3) is 0 Å². The van der Waals surface area contributed by atoms with Gasteiger partial charge in [-0.3, -0.25) is 0 Å². The first-order chi connectivity index (χ1) is 11.5. The van der Waals surface area contributed by atoms with Crippen molar-refractivity contribution in [3.63, 3.8) is 0 Å². The van der Waals surface area contributed by atoms with Crippen LogP contribution in [0.4, 0.5) is 10.1 Å². The molecule has 0 aliphatic carbocycles. The molecular weight excluding hydrogens is 307 g/mol. The van der Waals surface area contributed by atoms with Crippen LogP contribution in [0.3, 0.4) is 0 Å². The van der Waals surface area contributed by atoms with Crippen LogP contribution in [0, 0.1) is 17.1 Å². The molecule has 6 nitrogen and oxygen atoms in total. The molecule has 3 aromatic rings. The molecule has 24 heavy (non-hydrogen) atoms. The van der Waals surface area contributed by atoms with Crippen molar-refractivity contribution in [2.75, 3.05) is 19.4 Å². The highest BCUT2D eigenvalue weighted by Crippen LogP contribution is 2.18. The predicted octanol–water partition coefficient (Wildman–Crippen LogP) is 2.36. The fraction of sp³-hybridized carbons (Fsp3) is 0.294. The van der Waals surface area contributed by atoms with Crippen molar-refractivity contribution in [3.05, 3.63) is 53.2 Å². The van der Waals surface area contributed by atoms with E-state index in [9.17, 15) is 4.39 Å². The zero-order valence-electron chi connectivity index (χ0n) is 13.9. The molecule has 0 aliphatic rings. The van der Waals surface area contributed by atoms with Crippen LogP contribution in [0.25, 0.3) is 5.65 Å². The topological polar surface area (TPSA) is 61.3 Å². The van der Waals surface area contributed by atoms with E-state index < -0.39 is 0 Å². The molecule has 0 bridgehead atoms. The van der Waals surface area contributed by atoms with Crippen LogP contribution in [0.15, 0.2) is 30.6 Å². The number of anilines is 1. The van der Waals surface area contributed by atoms with Gasteiger partial charge in [0.2, 0.25) is 0 Å². The van der Waals surface area contributed by atoms with Crippen LogP contribution in [-0.4, -0.2) is 33.2 Å². The second-order valence-corrected chi connectivity index (χ2v) is 6.03. The van der Waals surface area contributed by atoms with E-state index in [1.54, 1.807) is 16.8 Å². The zero-order chi connectivity index (χ0) is 17.3. The summed E-state index contributed by atoms with van der Waals surface area (Å²) in [6.07, 6.45) is 3.46. The van der Waals surface area contributed by atoms with Crippen LogP contribution < -0.4 is 5.32 Å². The summed E-state index contributed by atoms with van der Waals surface area (Å²) in [5.41, 5.74) is 3.55. The Labute approximate surface area is 139 Å². The Kier molecular flexibility index (Phi) is 4.23. The minimum atomic E-state index is -0.224. The van der Waals surface area contributed by atoms with Crippen molar-refractivity contribution in [1.29, 1.82) is 5.26 Å². The van der Waals surface area contributed by atoms with Gasteiger partial charge in [0.1, 0.15) is 17.4 Å². The van der Waals surface area contributed by atoms with Crippen molar-refractivity contribution in [2.24, 2.45) is 7.05 Å². The highest BCUT2D eigenvalue weighted by molar-refractivity contribution is 5.56. The van der Waals surface area contributed by atoms with Gasteiger partial charge in [0.05, 0.1) is 18.4 Å². The molecular formula is C17H19FN6. The number of nitriles is 1. The minimum absolute atomic E-state index is 0.224. The second kappa shape index (κ2) is 6.34. The number of nitrogens with zero attached hydrogens (tertiary/aromatic N) is 5. The Morgan fingerprint density at radius 2 is 2.17 bits per heavy atom. The molecule has 1 N–H and O–H groups in total. The number of hydrogen-bond acceptors (Lipinski definition) is 4. The maximum Gasteiger partial charge on any atom is 0.153 e. The first-order valence-corrected chi connectivity index (χ1v) is 7.58. The average molecular weight is 326 g/mol. The number of nitrogens with one attached hydrogen (secondary N) is 1. The van der Waals surface area contributed by atoms with Gasteiger partial charge in [-0.15, -0.1) is 0 Å². The Balaban J connectivity index is 1.78. The molecule has 2 aromatic heterocycles. The molecule has 124 valence electrons. The van der Waals surface area contributed by atoms with Crippen molar-refractivity contribution in [1.82, 2.24) is 19.1 Å². The smallest absolute Gasteiger partial charge is 0.153 e.